The predicted octanol–water partition coefficient (Wildman–Crippen LogP) is 0.924. The highest BCUT2D eigenvalue weighted by Gasteiger charge is 2.25. The molecule has 2 N–H and O–H groups in total. The van der Waals surface area contributed by atoms with Gasteiger partial charge in [0.25, 0.3) is 0 Å². The Hall–Kier alpha value is -1.26. The topological polar surface area (TPSA) is 44.7 Å². The molecular weight excluding hydrogens is 204 g/mol. The lowest BCUT2D eigenvalue weighted by Gasteiger charge is -2.17. The molecule has 0 aliphatic carbocycles. The molecule has 0 radical (unpaired) electrons. The third-order valence-electron chi connectivity index (χ3n) is 2.79. The van der Waals surface area contributed by atoms with E-state index in [1.165, 1.54) is 0 Å². The average Bonchev–Trinajstić information content (AvgIpc) is 2.65. The molecule has 1 aliphatic rings. The van der Waals surface area contributed by atoms with Gasteiger partial charge < -0.3 is 20.1 Å². The molecule has 0 bridgehead atoms. The summed E-state index contributed by atoms with van der Waals surface area (Å²) in [5.41, 5.74) is 2.17. The fraction of sp³-hybridized carbons (Fsp3) is 0.500. The number of hydrogen-bond acceptors (Lipinski definition) is 4. The van der Waals surface area contributed by atoms with Crippen molar-refractivity contribution in [1.29, 1.82) is 0 Å². The van der Waals surface area contributed by atoms with Gasteiger partial charge in [0, 0.05) is 25.5 Å². The van der Waals surface area contributed by atoms with Crippen molar-refractivity contribution < 1.29 is 9.84 Å². The molecule has 1 saturated heterocycles. The van der Waals surface area contributed by atoms with E-state index in [-0.39, 0.29) is 6.04 Å². The number of nitrogens with one attached hydrogen (secondary N) is 1. The lowest BCUT2D eigenvalue weighted by molar-refractivity contribution is 0.125. The summed E-state index contributed by atoms with van der Waals surface area (Å²) in [6.07, 6.45) is -0.409. The number of benzene rings is 1. The lowest BCUT2D eigenvalue weighted by Crippen LogP contribution is -2.31. The Morgan fingerprint density at radius 1 is 1.25 bits per heavy atom. The largest absolute Gasteiger partial charge is 0.388 e. The predicted molar refractivity (Wildman–Crippen MR) is 65.0 cm³/mol. The summed E-state index contributed by atoms with van der Waals surface area (Å²) in [6, 6.07) is 8.13. The molecule has 0 amide bonds. The zero-order chi connectivity index (χ0) is 11.5. The first-order chi connectivity index (χ1) is 7.66. The molecule has 1 aromatic carbocycles. The highest BCUT2D eigenvalue weighted by atomic mass is 16.5. The van der Waals surface area contributed by atoms with Crippen molar-refractivity contribution in [2.45, 2.75) is 12.1 Å². The second-order valence-corrected chi connectivity index (χ2v) is 4.30. The van der Waals surface area contributed by atoms with E-state index in [0.29, 0.717) is 13.2 Å². The standard InChI is InChI=1S/C12H18N2O2/c1-14(2)10-5-3-9(4-6-10)13-11-7-16-8-12(11)15/h3-6,11-13,15H,7-8H2,1-2H3. The van der Waals surface area contributed by atoms with E-state index in [1.54, 1.807) is 0 Å². The summed E-state index contributed by atoms with van der Waals surface area (Å²) in [6.45, 7) is 0.990. The first-order valence-electron chi connectivity index (χ1n) is 5.46. The summed E-state index contributed by atoms with van der Waals surface area (Å²) in [4.78, 5) is 2.05. The SMILES string of the molecule is CN(C)c1ccc(NC2COCC2O)cc1. The molecule has 88 valence electrons. The van der Waals surface area contributed by atoms with Gasteiger partial charge in [-0.1, -0.05) is 0 Å². The van der Waals surface area contributed by atoms with Crippen molar-refractivity contribution in [2.24, 2.45) is 0 Å². The number of anilines is 2. The molecule has 0 aromatic heterocycles. The van der Waals surface area contributed by atoms with Crippen LogP contribution >= 0.6 is 0 Å². The third-order valence-corrected chi connectivity index (χ3v) is 2.79. The smallest absolute Gasteiger partial charge is 0.0996 e. The van der Waals surface area contributed by atoms with Crippen molar-refractivity contribution >= 4 is 11.4 Å². The fourth-order valence-corrected chi connectivity index (χ4v) is 1.75. The summed E-state index contributed by atoms with van der Waals surface area (Å²) in [5.74, 6) is 0. The van der Waals surface area contributed by atoms with Crippen LogP contribution in [0.25, 0.3) is 0 Å². The van der Waals surface area contributed by atoms with Gasteiger partial charge in [-0.2, -0.15) is 0 Å². The minimum atomic E-state index is -0.409. The first kappa shape index (κ1) is 11.2. The van der Waals surface area contributed by atoms with E-state index in [4.69, 9.17) is 4.74 Å². The average molecular weight is 222 g/mol. The Labute approximate surface area is 95.8 Å². The molecule has 1 aliphatic heterocycles. The minimum Gasteiger partial charge on any atom is -0.388 e. The summed E-state index contributed by atoms with van der Waals surface area (Å²) in [5, 5.41) is 12.9. The van der Waals surface area contributed by atoms with Crippen LogP contribution in [0.15, 0.2) is 24.3 Å². The zero-order valence-electron chi connectivity index (χ0n) is 9.68. The number of ether oxygens (including phenoxy) is 1. The molecule has 0 spiro atoms. The van der Waals surface area contributed by atoms with Crippen molar-refractivity contribution in [3.63, 3.8) is 0 Å². The van der Waals surface area contributed by atoms with Crippen LogP contribution < -0.4 is 10.2 Å². The van der Waals surface area contributed by atoms with Crippen LogP contribution in [-0.4, -0.2) is 44.6 Å². The first-order valence-corrected chi connectivity index (χ1v) is 5.46. The van der Waals surface area contributed by atoms with Gasteiger partial charge in [0.1, 0.15) is 0 Å². The molecular formula is C12H18N2O2. The molecule has 2 unspecified atom stereocenters. The van der Waals surface area contributed by atoms with E-state index >= 15 is 0 Å². The number of hydrogen-bond donors (Lipinski definition) is 2. The van der Waals surface area contributed by atoms with Crippen LogP contribution in [0.2, 0.25) is 0 Å². The third kappa shape index (κ3) is 2.46. The maximum atomic E-state index is 9.60. The van der Waals surface area contributed by atoms with E-state index in [1.807, 2.05) is 38.4 Å². The lowest BCUT2D eigenvalue weighted by atomic mass is 10.2. The normalized spacial score (nSPS) is 24.4. The Morgan fingerprint density at radius 2 is 1.94 bits per heavy atom. The van der Waals surface area contributed by atoms with Crippen LogP contribution in [0.3, 0.4) is 0 Å². The monoisotopic (exact) mass is 222 g/mol. The highest BCUT2D eigenvalue weighted by molar-refractivity contribution is 5.54. The summed E-state index contributed by atoms with van der Waals surface area (Å²) in [7, 11) is 4.02. The quantitative estimate of drug-likeness (QED) is 0.798. The molecule has 1 aromatic rings. The fourth-order valence-electron chi connectivity index (χ4n) is 1.75. The van der Waals surface area contributed by atoms with E-state index in [0.717, 1.165) is 11.4 Å². The van der Waals surface area contributed by atoms with Crippen LogP contribution in [0.1, 0.15) is 0 Å². The molecule has 1 heterocycles. The molecule has 2 rings (SSSR count). The maximum Gasteiger partial charge on any atom is 0.0996 e. The molecule has 0 saturated carbocycles. The van der Waals surface area contributed by atoms with Gasteiger partial charge in [0.2, 0.25) is 0 Å². The summed E-state index contributed by atoms with van der Waals surface area (Å²) < 4.78 is 5.18. The zero-order valence-corrected chi connectivity index (χ0v) is 9.68. The second-order valence-electron chi connectivity index (χ2n) is 4.30. The molecule has 16 heavy (non-hydrogen) atoms. The van der Waals surface area contributed by atoms with Gasteiger partial charge in [-0.05, 0) is 24.3 Å². The van der Waals surface area contributed by atoms with E-state index in [2.05, 4.69) is 10.2 Å². The Kier molecular flexibility index (Phi) is 3.31. The van der Waals surface area contributed by atoms with Gasteiger partial charge in [0.15, 0.2) is 0 Å². The van der Waals surface area contributed by atoms with Crippen molar-refractivity contribution in [2.75, 3.05) is 37.5 Å². The summed E-state index contributed by atoms with van der Waals surface area (Å²) >= 11 is 0. The van der Waals surface area contributed by atoms with Crippen LogP contribution in [0, 0.1) is 0 Å². The van der Waals surface area contributed by atoms with Gasteiger partial charge in [-0.25, -0.2) is 0 Å². The van der Waals surface area contributed by atoms with Gasteiger partial charge in [-0.15, -0.1) is 0 Å². The second kappa shape index (κ2) is 4.72. The van der Waals surface area contributed by atoms with Gasteiger partial charge in [-0.3, -0.25) is 0 Å². The number of aliphatic hydroxyl groups is 1. The van der Waals surface area contributed by atoms with Crippen molar-refractivity contribution in [1.82, 2.24) is 0 Å². The van der Waals surface area contributed by atoms with Gasteiger partial charge >= 0.3 is 0 Å². The number of aliphatic hydroxyl groups excluding tert-OH is 1. The van der Waals surface area contributed by atoms with Crippen LogP contribution in [0.5, 0.6) is 0 Å². The number of nitrogens with zero attached hydrogens (tertiary/aromatic N) is 1. The Morgan fingerprint density at radius 3 is 2.44 bits per heavy atom. The van der Waals surface area contributed by atoms with Crippen LogP contribution in [-0.2, 0) is 4.74 Å². The molecule has 2 atom stereocenters. The number of rotatable bonds is 3. The van der Waals surface area contributed by atoms with E-state index < -0.39 is 6.10 Å². The Bertz CT molecular complexity index is 337. The Balaban J connectivity index is 1.99. The van der Waals surface area contributed by atoms with Crippen molar-refractivity contribution in [3.05, 3.63) is 24.3 Å². The maximum absolute atomic E-state index is 9.60. The molecule has 1 fully saturated rings. The van der Waals surface area contributed by atoms with Crippen LogP contribution in [0.4, 0.5) is 11.4 Å². The molecule has 4 nitrogen and oxygen atoms in total. The molecule has 4 heteroatoms. The highest BCUT2D eigenvalue weighted by Crippen LogP contribution is 2.18. The minimum absolute atomic E-state index is 0.00482. The van der Waals surface area contributed by atoms with Gasteiger partial charge in [0.05, 0.1) is 25.4 Å². The van der Waals surface area contributed by atoms with Crippen molar-refractivity contribution in [3.8, 4) is 0 Å². The van der Waals surface area contributed by atoms with E-state index in [9.17, 15) is 5.11 Å².